The van der Waals surface area contributed by atoms with E-state index in [1.165, 1.54) is 11.1 Å². The number of phenolic OH excluding ortho intramolecular Hbond substituents is 1. The highest BCUT2D eigenvalue weighted by molar-refractivity contribution is 7.10. The normalized spacial score (nSPS) is 12.2. The van der Waals surface area contributed by atoms with E-state index in [0.29, 0.717) is 5.52 Å². The van der Waals surface area contributed by atoms with Crippen molar-refractivity contribution in [2.75, 3.05) is 5.32 Å². The van der Waals surface area contributed by atoms with E-state index in [4.69, 9.17) is 0 Å². The van der Waals surface area contributed by atoms with E-state index in [1.807, 2.05) is 30.3 Å². The average Bonchev–Trinajstić information content (AvgIpc) is 3.18. The number of benzene rings is 2. The van der Waals surface area contributed by atoms with Crippen LogP contribution in [0.3, 0.4) is 0 Å². The molecule has 2 aromatic heterocycles. The molecule has 0 spiro atoms. The number of aromatic hydroxyl groups is 1. The number of nitrogens with zero attached hydrogens (tertiary/aromatic N) is 1. The number of hydrogen-bond acceptors (Lipinski definition) is 4. The molecule has 4 heteroatoms. The van der Waals surface area contributed by atoms with E-state index in [0.717, 1.165) is 21.5 Å². The van der Waals surface area contributed by atoms with Crippen LogP contribution in [-0.2, 0) is 0 Å². The number of aromatic nitrogens is 1. The van der Waals surface area contributed by atoms with E-state index >= 15 is 0 Å². The van der Waals surface area contributed by atoms with Crippen LogP contribution >= 0.6 is 11.3 Å². The summed E-state index contributed by atoms with van der Waals surface area (Å²) in [6.07, 6.45) is 1.71. The van der Waals surface area contributed by atoms with Crippen LogP contribution in [0.4, 0.5) is 5.69 Å². The zero-order valence-electron chi connectivity index (χ0n) is 14.7. The van der Waals surface area contributed by atoms with Gasteiger partial charge >= 0.3 is 0 Å². The van der Waals surface area contributed by atoms with Gasteiger partial charge in [0.1, 0.15) is 11.3 Å². The summed E-state index contributed by atoms with van der Waals surface area (Å²) in [5.74, 6) is 0.234. The monoisotopic (exact) mass is 360 g/mol. The van der Waals surface area contributed by atoms with Gasteiger partial charge in [-0.3, -0.25) is 4.98 Å². The summed E-state index contributed by atoms with van der Waals surface area (Å²) in [5, 5.41) is 17.5. The first-order valence-corrected chi connectivity index (χ1v) is 9.45. The summed E-state index contributed by atoms with van der Waals surface area (Å²) in [7, 11) is 0. The molecule has 0 aliphatic heterocycles. The van der Waals surface area contributed by atoms with E-state index in [9.17, 15) is 5.11 Å². The molecule has 130 valence electrons. The lowest BCUT2D eigenvalue weighted by Gasteiger charge is -2.21. The minimum atomic E-state index is -0.136. The van der Waals surface area contributed by atoms with Crippen LogP contribution in [0.1, 0.15) is 27.6 Å². The molecule has 1 unspecified atom stereocenters. The minimum Gasteiger partial charge on any atom is -0.505 e. The lowest BCUT2D eigenvalue weighted by Crippen LogP contribution is -2.11. The SMILES string of the molecule is Cc1ccc(NC(c2cccs2)c2ccc3cccnc3c2O)cc1C. The number of rotatable bonds is 4. The quantitative estimate of drug-likeness (QED) is 0.482. The second kappa shape index (κ2) is 6.81. The molecule has 0 saturated heterocycles. The number of pyridine rings is 1. The van der Waals surface area contributed by atoms with Crippen molar-refractivity contribution in [1.29, 1.82) is 0 Å². The maximum absolute atomic E-state index is 10.9. The number of aryl methyl sites for hydroxylation is 2. The van der Waals surface area contributed by atoms with Gasteiger partial charge in [-0.15, -0.1) is 11.3 Å². The smallest absolute Gasteiger partial charge is 0.147 e. The second-order valence-electron chi connectivity index (χ2n) is 6.47. The van der Waals surface area contributed by atoms with Crippen molar-refractivity contribution >= 4 is 27.9 Å². The summed E-state index contributed by atoms with van der Waals surface area (Å²) in [4.78, 5) is 5.51. The summed E-state index contributed by atoms with van der Waals surface area (Å²) < 4.78 is 0. The fourth-order valence-corrected chi connectivity index (χ4v) is 3.93. The number of nitrogens with one attached hydrogen (secondary N) is 1. The molecule has 2 heterocycles. The molecule has 4 rings (SSSR count). The first-order chi connectivity index (χ1) is 12.6. The molecule has 0 radical (unpaired) electrons. The first kappa shape index (κ1) is 16.6. The predicted molar refractivity (Wildman–Crippen MR) is 109 cm³/mol. The van der Waals surface area contributed by atoms with E-state index in [-0.39, 0.29) is 11.8 Å². The molecule has 0 saturated carbocycles. The molecule has 2 aromatic carbocycles. The van der Waals surface area contributed by atoms with Crippen LogP contribution in [0.5, 0.6) is 5.75 Å². The molecular weight excluding hydrogens is 340 g/mol. The highest BCUT2D eigenvalue weighted by atomic mass is 32.1. The second-order valence-corrected chi connectivity index (χ2v) is 7.45. The maximum Gasteiger partial charge on any atom is 0.147 e. The third kappa shape index (κ3) is 3.04. The molecule has 4 aromatic rings. The number of fused-ring (bicyclic) bond motifs is 1. The van der Waals surface area contributed by atoms with Gasteiger partial charge < -0.3 is 10.4 Å². The fraction of sp³-hybridized carbons (Fsp3) is 0.136. The topological polar surface area (TPSA) is 45.2 Å². The molecule has 3 nitrogen and oxygen atoms in total. The number of anilines is 1. The lowest BCUT2D eigenvalue weighted by atomic mass is 10.0. The number of thiophene rings is 1. The van der Waals surface area contributed by atoms with Gasteiger partial charge in [0.25, 0.3) is 0 Å². The third-order valence-electron chi connectivity index (χ3n) is 4.74. The van der Waals surface area contributed by atoms with Crippen LogP contribution < -0.4 is 5.32 Å². The molecule has 26 heavy (non-hydrogen) atoms. The Morgan fingerprint density at radius 2 is 1.88 bits per heavy atom. The van der Waals surface area contributed by atoms with E-state index in [1.54, 1.807) is 17.5 Å². The van der Waals surface area contributed by atoms with Crippen LogP contribution in [-0.4, -0.2) is 10.1 Å². The van der Waals surface area contributed by atoms with Crippen LogP contribution in [0.15, 0.2) is 66.2 Å². The van der Waals surface area contributed by atoms with Gasteiger partial charge in [-0.05, 0) is 54.6 Å². The van der Waals surface area contributed by atoms with Crippen LogP contribution in [0.2, 0.25) is 0 Å². The summed E-state index contributed by atoms with van der Waals surface area (Å²) >= 11 is 1.67. The van der Waals surface area contributed by atoms with Gasteiger partial charge in [-0.1, -0.05) is 30.3 Å². The van der Waals surface area contributed by atoms with Crippen molar-refractivity contribution in [1.82, 2.24) is 4.98 Å². The molecule has 2 N–H and O–H groups in total. The van der Waals surface area contributed by atoms with Gasteiger partial charge in [-0.25, -0.2) is 0 Å². The largest absolute Gasteiger partial charge is 0.505 e. The fourth-order valence-electron chi connectivity index (χ4n) is 3.13. The molecule has 0 amide bonds. The highest BCUT2D eigenvalue weighted by Gasteiger charge is 2.20. The Hall–Kier alpha value is -2.85. The predicted octanol–water partition coefficient (Wildman–Crippen LogP) is 5.82. The standard InChI is InChI=1S/C22H20N2OS/c1-14-7-9-17(13-15(14)2)24-21(19-6-4-12-26-19)18-10-8-16-5-3-11-23-20(16)22(18)25/h3-13,21,24-25H,1-2H3. The minimum absolute atomic E-state index is 0.136. The van der Waals surface area contributed by atoms with E-state index < -0.39 is 0 Å². The van der Waals surface area contributed by atoms with Gasteiger partial charge in [0.05, 0.1) is 6.04 Å². The maximum atomic E-state index is 10.9. The molecule has 0 fully saturated rings. The van der Waals surface area contributed by atoms with Crippen molar-refractivity contribution in [2.24, 2.45) is 0 Å². The summed E-state index contributed by atoms with van der Waals surface area (Å²) in [6, 6.07) is 18.2. The van der Waals surface area contributed by atoms with Crippen molar-refractivity contribution < 1.29 is 5.11 Å². The molecule has 0 aliphatic rings. The molecule has 0 aliphatic carbocycles. The Bertz CT molecular complexity index is 1060. The number of hydrogen-bond donors (Lipinski definition) is 2. The Morgan fingerprint density at radius 1 is 1.00 bits per heavy atom. The summed E-state index contributed by atoms with van der Waals surface area (Å²) in [6.45, 7) is 4.22. The van der Waals surface area contributed by atoms with Crippen molar-refractivity contribution in [3.63, 3.8) is 0 Å². The van der Waals surface area contributed by atoms with E-state index in [2.05, 4.69) is 53.8 Å². The van der Waals surface area contributed by atoms with Gasteiger partial charge in [0.2, 0.25) is 0 Å². The van der Waals surface area contributed by atoms with Crippen molar-refractivity contribution in [3.05, 3.63) is 87.7 Å². The lowest BCUT2D eigenvalue weighted by molar-refractivity contribution is 0.472. The third-order valence-corrected chi connectivity index (χ3v) is 5.67. The summed E-state index contributed by atoms with van der Waals surface area (Å²) in [5.41, 5.74) is 5.00. The Labute approximate surface area is 157 Å². The van der Waals surface area contributed by atoms with Crippen molar-refractivity contribution in [3.8, 4) is 5.75 Å². The highest BCUT2D eigenvalue weighted by Crippen LogP contribution is 2.38. The Morgan fingerprint density at radius 3 is 2.65 bits per heavy atom. The van der Waals surface area contributed by atoms with Gasteiger partial charge in [0, 0.05) is 27.7 Å². The Balaban J connectivity index is 1.81. The van der Waals surface area contributed by atoms with Crippen LogP contribution in [0, 0.1) is 13.8 Å². The molecular formula is C22H20N2OS. The van der Waals surface area contributed by atoms with Gasteiger partial charge in [-0.2, -0.15) is 0 Å². The molecule has 1 atom stereocenters. The van der Waals surface area contributed by atoms with Crippen molar-refractivity contribution in [2.45, 2.75) is 19.9 Å². The molecule has 0 bridgehead atoms. The van der Waals surface area contributed by atoms with Crippen LogP contribution in [0.25, 0.3) is 10.9 Å². The van der Waals surface area contributed by atoms with Gasteiger partial charge in [0.15, 0.2) is 0 Å². The number of phenols is 1. The zero-order chi connectivity index (χ0) is 18.1. The first-order valence-electron chi connectivity index (χ1n) is 8.57. The average molecular weight is 360 g/mol. The Kier molecular flexibility index (Phi) is 4.35. The zero-order valence-corrected chi connectivity index (χ0v) is 15.5.